The zero-order chi connectivity index (χ0) is 27.0. The minimum absolute atomic E-state index is 0.0119. The van der Waals surface area contributed by atoms with Gasteiger partial charge >= 0.3 is 0 Å². The van der Waals surface area contributed by atoms with Crippen molar-refractivity contribution in [3.63, 3.8) is 0 Å². The Labute approximate surface area is 219 Å². The predicted octanol–water partition coefficient (Wildman–Crippen LogP) is 2.87. The molecule has 3 amide bonds. The van der Waals surface area contributed by atoms with Gasteiger partial charge in [-0.1, -0.05) is 6.92 Å². The van der Waals surface area contributed by atoms with E-state index in [1.807, 2.05) is 34.6 Å². The Balaban J connectivity index is 1.67. The molecule has 2 unspecified atom stereocenters. The molecule has 1 aromatic carbocycles. The molecular formula is C28H41N3O6. The number of amides is 3. The molecule has 37 heavy (non-hydrogen) atoms. The van der Waals surface area contributed by atoms with Gasteiger partial charge in [-0.2, -0.15) is 0 Å². The number of likely N-dealkylation sites (tertiary alicyclic amines) is 1. The minimum atomic E-state index is -1.05. The van der Waals surface area contributed by atoms with Gasteiger partial charge in [-0.3, -0.25) is 14.4 Å². The standard InChI is InChI=1S/C28H41N3O6/c1-6-27-14-15-28(37-27)21(20(27)23(33)29-18-10-12-19(13-11-18)36-7-2)25(35)31(16-8-9-17-32)22(28)24(34)30-26(3,4)5/h10-13,20-22,32H,6-9,14-17H2,1-5H3,(H,29,33)(H,30,34)/t20-,21-,22?,27+,28?/m0/s1. The molecule has 1 spiro atoms. The Bertz CT molecular complexity index is 1020. The quantitative estimate of drug-likeness (QED) is 0.413. The van der Waals surface area contributed by atoms with Gasteiger partial charge in [-0.05, 0) is 84.1 Å². The van der Waals surface area contributed by atoms with E-state index >= 15 is 0 Å². The lowest BCUT2D eigenvalue weighted by Crippen LogP contribution is -2.58. The van der Waals surface area contributed by atoms with E-state index in [1.54, 1.807) is 29.2 Å². The number of aliphatic hydroxyl groups excluding tert-OH is 1. The second kappa shape index (κ2) is 10.3. The third kappa shape index (κ3) is 4.83. The Morgan fingerprint density at radius 1 is 1.14 bits per heavy atom. The fourth-order valence-corrected chi connectivity index (χ4v) is 6.51. The van der Waals surface area contributed by atoms with E-state index in [0.29, 0.717) is 56.7 Å². The number of unbranched alkanes of at least 4 members (excludes halogenated alkanes) is 1. The fraction of sp³-hybridized carbons (Fsp3) is 0.679. The van der Waals surface area contributed by atoms with Crippen molar-refractivity contribution in [2.24, 2.45) is 11.8 Å². The Hall–Kier alpha value is -2.65. The summed E-state index contributed by atoms with van der Waals surface area (Å²) in [6.45, 7) is 10.5. The summed E-state index contributed by atoms with van der Waals surface area (Å²) in [6.07, 6.45) is 2.81. The fourth-order valence-electron chi connectivity index (χ4n) is 6.51. The first kappa shape index (κ1) is 27.4. The van der Waals surface area contributed by atoms with Crippen molar-refractivity contribution < 1.29 is 29.0 Å². The number of aliphatic hydroxyl groups is 1. The molecular weight excluding hydrogens is 474 g/mol. The zero-order valence-corrected chi connectivity index (χ0v) is 22.6. The lowest BCUT2D eigenvalue weighted by atomic mass is 9.65. The third-order valence-corrected chi connectivity index (χ3v) is 7.95. The topological polar surface area (TPSA) is 117 Å². The van der Waals surface area contributed by atoms with Crippen LogP contribution in [0.2, 0.25) is 0 Å². The molecule has 0 saturated carbocycles. The summed E-state index contributed by atoms with van der Waals surface area (Å²) in [7, 11) is 0. The number of carbonyl (C=O) groups excluding carboxylic acids is 3. The molecule has 3 N–H and O–H groups in total. The van der Waals surface area contributed by atoms with Crippen LogP contribution in [0.5, 0.6) is 5.75 Å². The summed E-state index contributed by atoms with van der Waals surface area (Å²) >= 11 is 0. The number of carbonyl (C=O) groups is 3. The average Bonchev–Trinajstić information content (AvgIpc) is 3.43. The van der Waals surface area contributed by atoms with Crippen molar-refractivity contribution >= 4 is 23.4 Å². The van der Waals surface area contributed by atoms with E-state index in [0.717, 1.165) is 0 Å². The van der Waals surface area contributed by atoms with Crippen LogP contribution in [0, 0.1) is 11.8 Å². The van der Waals surface area contributed by atoms with Crippen LogP contribution < -0.4 is 15.4 Å². The van der Waals surface area contributed by atoms with Crippen LogP contribution in [0.25, 0.3) is 0 Å². The summed E-state index contributed by atoms with van der Waals surface area (Å²) in [5, 5.41) is 15.3. The molecule has 3 heterocycles. The lowest BCUT2D eigenvalue weighted by Gasteiger charge is -2.35. The van der Waals surface area contributed by atoms with E-state index in [2.05, 4.69) is 10.6 Å². The number of benzene rings is 1. The molecule has 3 aliphatic rings. The van der Waals surface area contributed by atoms with Crippen molar-refractivity contribution in [2.45, 2.75) is 89.5 Å². The molecule has 3 fully saturated rings. The van der Waals surface area contributed by atoms with Gasteiger partial charge in [0.15, 0.2) is 0 Å². The number of hydrogen-bond donors (Lipinski definition) is 3. The molecule has 0 radical (unpaired) electrons. The minimum Gasteiger partial charge on any atom is -0.494 e. The monoisotopic (exact) mass is 515 g/mol. The predicted molar refractivity (Wildman–Crippen MR) is 139 cm³/mol. The normalized spacial score (nSPS) is 30.4. The van der Waals surface area contributed by atoms with E-state index in [1.165, 1.54) is 0 Å². The van der Waals surface area contributed by atoms with Gasteiger partial charge in [0, 0.05) is 24.4 Å². The smallest absolute Gasteiger partial charge is 0.246 e. The molecule has 0 aromatic heterocycles. The van der Waals surface area contributed by atoms with Crippen LogP contribution in [0.1, 0.15) is 66.7 Å². The molecule has 3 aliphatic heterocycles. The summed E-state index contributed by atoms with van der Waals surface area (Å²) < 4.78 is 12.2. The van der Waals surface area contributed by atoms with Crippen molar-refractivity contribution in [1.82, 2.24) is 10.2 Å². The number of rotatable bonds is 10. The number of ether oxygens (including phenoxy) is 2. The SMILES string of the molecule is CCOc1ccc(NC(=O)[C@@H]2[C@H]3C(=O)N(CCCCO)C(C(=O)NC(C)(C)C)C34CC[C@@]2(CC)O4)cc1. The highest BCUT2D eigenvalue weighted by Crippen LogP contribution is 2.64. The Morgan fingerprint density at radius 2 is 1.84 bits per heavy atom. The van der Waals surface area contributed by atoms with Crippen LogP contribution in [-0.4, -0.2) is 70.3 Å². The number of anilines is 1. The summed E-state index contributed by atoms with van der Waals surface area (Å²) in [5.74, 6) is -1.48. The lowest BCUT2D eigenvalue weighted by molar-refractivity contribution is -0.147. The van der Waals surface area contributed by atoms with Gasteiger partial charge in [0.1, 0.15) is 17.4 Å². The first-order valence-corrected chi connectivity index (χ1v) is 13.5. The van der Waals surface area contributed by atoms with Crippen LogP contribution in [0.15, 0.2) is 24.3 Å². The van der Waals surface area contributed by atoms with E-state index in [4.69, 9.17) is 9.47 Å². The highest BCUT2D eigenvalue weighted by molar-refractivity contribution is 6.02. The summed E-state index contributed by atoms with van der Waals surface area (Å²) in [4.78, 5) is 43.1. The van der Waals surface area contributed by atoms with Crippen LogP contribution in [0.3, 0.4) is 0 Å². The highest BCUT2D eigenvalue weighted by atomic mass is 16.5. The number of nitrogens with zero attached hydrogens (tertiary/aromatic N) is 1. The van der Waals surface area contributed by atoms with E-state index in [9.17, 15) is 19.5 Å². The Kier molecular flexibility index (Phi) is 7.59. The number of hydrogen-bond acceptors (Lipinski definition) is 6. The maximum atomic E-state index is 14.0. The van der Waals surface area contributed by atoms with Crippen molar-refractivity contribution in [1.29, 1.82) is 0 Å². The first-order valence-electron chi connectivity index (χ1n) is 13.5. The maximum absolute atomic E-state index is 14.0. The van der Waals surface area contributed by atoms with Crippen molar-refractivity contribution in [3.05, 3.63) is 24.3 Å². The van der Waals surface area contributed by atoms with Gasteiger partial charge in [0.05, 0.1) is 24.0 Å². The van der Waals surface area contributed by atoms with Gasteiger partial charge in [0.25, 0.3) is 0 Å². The van der Waals surface area contributed by atoms with Crippen LogP contribution in [0.4, 0.5) is 5.69 Å². The van der Waals surface area contributed by atoms with Gasteiger partial charge < -0.3 is 30.1 Å². The number of nitrogens with one attached hydrogen (secondary N) is 2. The second-order valence-corrected chi connectivity index (χ2v) is 11.5. The largest absolute Gasteiger partial charge is 0.494 e. The molecule has 9 nitrogen and oxygen atoms in total. The summed E-state index contributed by atoms with van der Waals surface area (Å²) in [6, 6.07) is 6.33. The molecule has 2 bridgehead atoms. The van der Waals surface area contributed by atoms with E-state index in [-0.39, 0.29) is 24.3 Å². The molecule has 1 aromatic rings. The summed E-state index contributed by atoms with van der Waals surface area (Å²) in [5.41, 5.74) is -1.73. The van der Waals surface area contributed by atoms with Gasteiger partial charge in [-0.15, -0.1) is 0 Å². The molecule has 4 rings (SSSR count). The molecule has 5 atom stereocenters. The first-order chi connectivity index (χ1) is 17.5. The van der Waals surface area contributed by atoms with Crippen LogP contribution in [-0.2, 0) is 19.1 Å². The second-order valence-electron chi connectivity index (χ2n) is 11.5. The van der Waals surface area contributed by atoms with Gasteiger partial charge in [-0.25, -0.2) is 0 Å². The zero-order valence-electron chi connectivity index (χ0n) is 22.6. The average molecular weight is 516 g/mol. The third-order valence-electron chi connectivity index (χ3n) is 7.95. The van der Waals surface area contributed by atoms with Crippen molar-refractivity contribution in [2.75, 3.05) is 25.1 Å². The van der Waals surface area contributed by atoms with Crippen molar-refractivity contribution in [3.8, 4) is 5.75 Å². The molecule has 9 heteroatoms. The van der Waals surface area contributed by atoms with Gasteiger partial charge in [0.2, 0.25) is 17.7 Å². The molecule has 204 valence electrons. The van der Waals surface area contributed by atoms with E-state index < -0.39 is 34.6 Å². The Morgan fingerprint density at radius 3 is 2.43 bits per heavy atom. The molecule has 0 aliphatic carbocycles. The highest BCUT2D eigenvalue weighted by Gasteiger charge is 2.78. The maximum Gasteiger partial charge on any atom is 0.246 e. The van der Waals surface area contributed by atoms with Crippen LogP contribution >= 0.6 is 0 Å². The number of fused-ring (bicyclic) bond motifs is 1. The molecule has 3 saturated heterocycles.